The van der Waals surface area contributed by atoms with E-state index in [0.29, 0.717) is 11.3 Å². The second-order valence-corrected chi connectivity index (χ2v) is 5.80. The summed E-state index contributed by atoms with van der Waals surface area (Å²) in [6.45, 7) is 1.60. The van der Waals surface area contributed by atoms with Gasteiger partial charge in [-0.15, -0.1) is 0 Å². The van der Waals surface area contributed by atoms with Gasteiger partial charge in [0, 0.05) is 5.69 Å². The van der Waals surface area contributed by atoms with Gasteiger partial charge in [0.1, 0.15) is 11.6 Å². The predicted molar refractivity (Wildman–Crippen MR) is 72.8 cm³/mol. The minimum Gasteiger partial charge on any atom is -0.398 e. The maximum absolute atomic E-state index is 13.5. The lowest BCUT2D eigenvalue weighted by Crippen LogP contribution is -2.17. The zero-order valence-corrected chi connectivity index (χ0v) is 11.3. The van der Waals surface area contributed by atoms with Crippen molar-refractivity contribution in [3.63, 3.8) is 0 Å². The quantitative estimate of drug-likeness (QED) is 0.856. The molecular formula is C13H12F2N2O2S. The van der Waals surface area contributed by atoms with Crippen LogP contribution in [0.3, 0.4) is 0 Å². The molecule has 0 atom stereocenters. The first-order chi connectivity index (χ1) is 9.33. The molecule has 0 saturated heterocycles. The third-order valence-corrected chi connectivity index (χ3v) is 4.22. The minimum absolute atomic E-state index is 0.174. The molecule has 0 aliphatic rings. The van der Waals surface area contributed by atoms with Crippen molar-refractivity contribution >= 4 is 21.4 Å². The van der Waals surface area contributed by atoms with Crippen LogP contribution in [0.4, 0.5) is 20.2 Å². The van der Waals surface area contributed by atoms with Crippen LogP contribution in [0.2, 0.25) is 0 Å². The van der Waals surface area contributed by atoms with Crippen LogP contribution >= 0.6 is 0 Å². The van der Waals surface area contributed by atoms with Crippen molar-refractivity contribution < 1.29 is 17.2 Å². The number of hydrogen-bond donors (Lipinski definition) is 2. The van der Waals surface area contributed by atoms with Gasteiger partial charge in [-0.05, 0) is 36.8 Å². The molecule has 0 heterocycles. The van der Waals surface area contributed by atoms with Crippen LogP contribution in [0, 0.1) is 18.6 Å². The Kier molecular flexibility index (Phi) is 3.63. The molecule has 0 aromatic heterocycles. The van der Waals surface area contributed by atoms with Gasteiger partial charge in [0.2, 0.25) is 0 Å². The first-order valence-corrected chi connectivity index (χ1v) is 7.13. The summed E-state index contributed by atoms with van der Waals surface area (Å²) in [6.07, 6.45) is 0. The molecule has 0 radical (unpaired) electrons. The van der Waals surface area contributed by atoms with E-state index in [-0.39, 0.29) is 5.69 Å². The van der Waals surface area contributed by atoms with E-state index in [1.54, 1.807) is 13.0 Å². The molecule has 4 nitrogen and oxygen atoms in total. The Balaban J connectivity index is 2.50. The highest BCUT2D eigenvalue weighted by Gasteiger charge is 2.24. The fourth-order valence-corrected chi connectivity index (χ4v) is 2.96. The summed E-state index contributed by atoms with van der Waals surface area (Å²) < 4.78 is 53.4. The highest BCUT2D eigenvalue weighted by Crippen LogP contribution is 2.25. The lowest BCUT2D eigenvalue weighted by atomic mass is 10.2. The van der Waals surface area contributed by atoms with Gasteiger partial charge in [-0.3, -0.25) is 4.72 Å². The largest absolute Gasteiger partial charge is 0.398 e. The molecule has 2 aromatic rings. The monoisotopic (exact) mass is 298 g/mol. The van der Waals surface area contributed by atoms with E-state index in [2.05, 4.69) is 4.72 Å². The highest BCUT2D eigenvalue weighted by atomic mass is 32.2. The summed E-state index contributed by atoms with van der Waals surface area (Å²) in [5.41, 5.74) is 6.68. The number of sulfonamides is 1. The van der Waals surface area contributed by atoms with Gasteiger partial charge >= 0.3 is 0 Å². The molecule has 2 aromatic carbocycles. The number of halogens is 2. The van der Waals surface area contributed by atoms with Crippen LogP contribution in [-0.4, -0.2) is 8.42 Å². The topological polar surface area (TPSA) is 72.2 Å². The predicted octanol–water partition coefficient (Wildman–Crippen LogP) is 2.66. The maximum atomic E-state index is 13.5. The third kappa shape index (κ3) is 2.57. The first kappa shape index (κ1) is 14.3. The standard InChI is InChI=1S/C13H12F2N2O2S/c1-8-11(16)6-3-7-12(8)17-20(18,19)13-9(14)4-2-5-10(13)15/h2-7,17H,16H2,1H3. The van der Waals surface area contributed by atoms with E-state index in [1.165, 1.54) is 12.1 Å². The molecule has 0 saturated carbocycles. The molecule has 2 rings (SSSR count). The van der Waals surface area contributed by atoms with Crippen molar-refractivity contribution in [2.24, 2.45) is 0 Å². The Morgan fingerprint density at radius 2 is 1.60 bits per heavy atom. The zero-order chi connectivity index (χ0) is 14.9. The Labute approximate surface area is 115 Å². The third-order valence-electron chi connectivity index (χ3n) is 2.81. The number of nitrogens with two attached hydrogens (primary N) is 1. The number of hydrogen-bond acceptors (Lipinski definition) is 3. The average molecular weight is 298 g/mol. The van der Waals surface area contributed by atoms with Gasteiger partial charge in [0.15, 0.2) is 4.90 Å². The zero-order valence-electron chi connectivity index (χ0n) is 10.5. The minimum atomic E-state index is -4.37. The Morgan fingerprint density at radius 3 is 2.20 bits per heavy atom. The van der Waals surface area contributed by atoms with Crippen LogP contribution in [0.1, 0.15) is 5.56 Å². The summed E-state index contributed by atoms with van der Waals surface area (Å²) >= 11 is 0. The van der Waals surface area contributed by atoms with Crippen molar-refractivity contribution in [3.05, 3.63) is 53.6 Å². The molecule has 20 heavy (non-hydrogen) atoms. The van der Waals surface area contributed by atoms with Crippen LogP contribution in [0.5, 0.6) is 0 Å². The fraction of sp³-hybridized carbons (Fsp3) is 0.0769. The van der Waals surface area contributed by atoms with Crippen LogP contribution in [0.25, 0.3) is 0 Å². The number of nitrogens with one attached hydrogen (secondary N) is 1. The molecule has 0 amide bonds. The Hall–Kier alpha value is -2.15. The number of benzene rings is 2. The van der Waals surface area contributed by atoms with E-state index >= 15 is 0 Å². The first-order valence-electron chi connectivity index (χ1n) is 5.65. The number of nitrogen functional groups attached to an aromatic ring is 1. The normalized spacial score (nSPS) is 11.3. The molecule has 106 valence electrons. The fourth-order valence-electron chi connectivity index (χ4n) is 1.70. The molecule has 0 unspecified atom stereocenters. The van der Waals surface area contributed by atoms with Gasteiger partial charge in [-0.1, -0.05) is 12.1 Å². The number of anilines is 2. The summed E-state index contributed by atoms with van der Waals surface area (Å²) in [5.74, 6) is -2.31. The van der Waals surface area contributed by atoms with Crippen LogP contribution in [0.15, 0.2) is 41.3 Å². The molecular weight excluding hydrogens is 286 g/mol. The SMILES string of the molecule is Cc1c(N)cccc1NS(=O)(=O)c1c(F)cccc1F. The lowest BCUT2D eigenvalue weighted by molar-refractivity contribution is 0.521. The van der Waals surface area contributed by atoms with Crippen molar-refractivity contribution in [2.45, 2.75) is 11.8 Å². The van der Waals surface area contributed by atoms with Gasteiger partial charge in [-0.25, -0.2) is 17.2 Å². The van der Waals surface area contributed by atoms with Gasteiger partial charge in [-0.2, -0.15) is 0 Å². The highest BCUT2D eigenvalue weighted by molar-refractivity contribution is 7.92. The second kappa shape index (κ2) is 5.09. The van der Waals surface area contributed by atoms with Gasteiger partial charge < -0.3 is 5.73 Å². The van der Waals surface area contributed by atoms with Crippen LogP contribution in [-0.2, 0) is 10.0 Å². The van der Waals surface area contributed by atoms with Crippen molar-refractivity contribution in [2.75, 3.05) is 10.5 Å². The second-order valence-electron chi connectivity index (χ2n) is 4.18. The molecule has 0 bridgehead atoms. The van der Waals surface area contributed by atoms with E-state index in [0.717, 1.165) is 18.2 Å². The average Bonchev–Trinajstić information content (AvgIpc) is 2.34. The number of rotatable bonds is 3. The smallest absolute Gasteiger partial charge is 0.267 e. The summed E-state index contributed by atoms with van der Waals surface area (Å²) in [5, 5.41) is 0. The van der Waals surface area contributed by atoms with E-state index in [1.807, 2.05) is 0 Å². The molecule has 0 fully saturated rings. The van der Waals surface area contributed by atoms with E-state index < -0.39 is 26.6 Å². The summed E-state index contributed by atoms with van der Waals surface area (Å²) in [4.78, 5) is -1.01. The Bertz CT molecular complexity index is 741. The van der Waals surface area contributed by atoms with Gasteiger partial charge in [0.25, 0.3) is 10.0 Å². The van der Waals surface area contributed by atoms with Gasteiger partial charge in [0.05, 0.1) is 5.69 Å². The van der Waals surface area contributed by atoms with Crippen molar-refractivity contribution in [3.8, 4) is 0 Å². The van der Waals surface area contributed by atoms with Crippen molar-refractivity contribution in [1.29, 1.82) is 0 Å². The van der Waals surface area contributed by atoms with E-state index in [4.69, 9.17) is 5.73 Å². The Morgan fingerprint density at radius 1 is 1.05 bits per heavy atom. The van der Waals surface area contributed by atoms with E-state index in [9.17, 15) is 17.2 Å². The maximum Gasteiger partial charge on any atom is 0.267 e. The van der Waals surface area contributed by atoms with Crippen LogP contribution < -0.4 is 10.5 Å². The molecule has 3 N–H and O–H groups in total. The lowest BCUT2D eigenvalue weighted by Gasteiger charge is -2.12. The summed E-state index contributed by atoms with van der Waals surface area (Å²) in [7, 11) is -4.37. The molecule has 7 heteroatoms. The molecule has 0 aliphatic carbocycles. The molecule has 0 aliphatic heterocycles. The van der Waals surface area contributed by atoms with Crippen molar-refractivity contribution in [1.82, 2.24) is 0 Å². The summed E-state index contributed by atoms with van der Waals surface area (Å²) in [6, 6.07) is 7.44. The molecule has 0 spiro atoms.